The van der Waals surface area contributed by atoms with Gasteiger partial charge in [0.25, 0.3) is 0 Å². The van der Waals surface area contributed by atoms with E-state index in [1.54, 1.807) is 10.7 Å². The molecule has 3 rings (SSSR count). The van der Waals surface area contributed by atoms with E-state index in [9.17, 15) is 0 Å². The van der Waals surface area contributed by atoms with Crippen LogP contribution in [0.3, 0.4) is 0 Å². The fraction of sp³-hybridized carbons (Fsp3) is 0.333. The van der Waals surface area contributed by atoms with Crippen LogP contribution in [0.15, 0.2) is 47.2 Å². The molecule has 0 amide bonds. The van der Waals surface area contributed by atoms with Gasteiger partial charge in [0, 0.05) is 6.20 Å². The Morgan fingerprint density at radius 1 is 1.17 bits per heavy atom. The summed E-state index contributed by atoms with van der Waals surface area (Å²) in [5.41, 5.74) is 3.46. The molecule has 5 heteroatoms. The molecule has 0 saturated carbocycles. The van der Waals surface area contributed by atoms with Crippen molar-refractivity contribution in [3.05, 3.63) is 58.3 Å². The van der Waals surface area contributed by atoms with Crippen LogP contribution in [0, 0.1) is 5.92 Å². The maximum absolute atomic E-state index is 4.66. The van der Waals surface area contributed by atoms with Crippen LogP contribution in [0.1, 0.15) is 37.9 Å². The molecule has 0 fully saturated rings. The van der Waals surface area contributed by atoms with Gasteiger partial charge in [0.2, 0.25) is 0 Å². The Kier molecular flexibility index (Phi) is 4.66. The second kappa shape index (κ2) is 6.71. The van der Waals surface area contributed by atoms with Crippen LogP contribution in [0.2, 0.25) is 0 Å². The number of hydrogen-bond acceptors (Lipinski definition) is 3. The smallest absolute Gasteiger partial charge is 0.171 e. The predicted octanol–water partition coefficient (Wildman–Crippen LogP) is 4.86. The first-order valence-electron chi connectivity index (χ1n) is 7.93. The summed E-state index contributed by atoms with van der Waals surface area (Å²) in [4.78, 5) is 4.66. The number of nitrogens with zero attached hydrogens (tertiary/aromatic N) is 3. The van der Waals surface area contributed by atoms with Gasteiger partial charge >= 0.3 is 0 Å². The highest BCUT2D eigenvalue weighted by Crippen LogP contribution is 2.27. The van der Waals surface area contributed by atoms with E-state index < -0.39 is 0 Å². The van der Waals surface area contributed by atoms with Gasteiger partial charge in [0.15, 0.2) is 5.65 Å². The second-order valence-corrected chi connectivity index (χ2v) is 6.89. The molecule has 2 heterocycles. The lowest BCUT2D eigenvalue weighted by Crippen LogP contribution is -2.17. The number of hydrogen-bond donors (Lipinski definition) is 1. The number of anilines is 1. The predicted molar refractivity (Wildman–Crippen MR) is 97.7 cm³/mol. The van der Waals surface area contributed by atoms with Gasteiger partial charge in [-0.25, -0.2) is 9.50 Å². The average Bonchev–Trinajstić information content (AvgIpc) is 2.93. The maximum Gasteiger partial charge on any atom is 0.171 e. The van der Waals surface area contributed by atoms with Crippen molar-refractivity contribution < 1.29 is 0 Å². The van der Waals surface area contributed by atoms with Crippen molar-refractivity contribution in [2.75, 3.05) is 5.32 Å². The summed E-state index contributed by atoms with van der Waals surface area (Å²) in [5.74, 6) is 1.31. The van der Waals surface area contributed by atoms with Crippen molar-refractivity contribution in [2.45, 2.75) is 33.2 Å². The molecule has 3 aromatic rings. The molecule has 23 heavy (non-hydrogen) atoms. The monoisotopic (exact) mass is 372 g/mol. The highest BCUT2D eigenvalue weighted by Gasteiger charge is 2.16. The molecule has 1 aromatic carbocycles. The number of nitrogens with one attached hydrogen (secondary N) is 1. The summed E-state index contributed by atoms with van der Waals surface area (Å²) in [5, 5.41) is 7.80. The van der Waals surface area contributed by atoms with E-state index in [1.165, 1.54) is 11.1 Å². The number of rotatable bonds is 5. The molecule has 120 valence electrons. The fourth-order valence-electron chi connectivity index (χ4n) is 2.68. The van der Waals surface area contributed by atoms with Crippen molar-refractivity contribution in [3.8, 4) is 0 Å². The van der Waals surface area contributed by atoms with Crippen LogP contribution in [-0.2, 0) is 6.42 Å². The molecule has 0 bridgehead atoms. The SMILES string of the molecule is CCc1ccc(C(Nc2ccn3ncc(Br)c3n2)C(C)C)cc1. The molecule has 1 unspecified atom stereocenters. The van der Waals surface area contributed by atoms with Gasteiger partial charge in [0.1, 0.15) is 5.82 Å². The molecule has 1 N–H and O–H groups in total. The summed E-state index contributed by atoms with van der Waals surface area (Å²) in [6, 6.07) is 11.0. The Morgan fingerprint density at radius 3 is 2.57 bits per heavy atom. The van der Waals surface area contributed by atoms with Gasteiger partial charge < -0.3 is 5.32 Å². The third kappa shape index (κ3) is 3.39. The third-order valence-electron chi connectivity index (χ3n) is 4.04. The molecular weight excluding hydrogens is 352 g/mol. The minimum absolute atomic E-state index is 0.220. The minimum Gasteiger partial charge on any atom is -0.363 e. The quantitative estimate of drug-likeness (QED) is 0.694. The topological polar surface area (TPSA) is 42.2 Å². The molecule has 4 nitrogen and oxygen atoms in total. The first-order chi connectivity index (χ1) is 11.1. The summed E-state index contributed by atoms with van der Waals surface area (Å²) in [6.45, 7) is 6.62. The molecule has 0 saturated heterocycles. The highest BCUT2D eigenvalue weighted by atomic mass is 79.9. The van der Waals surface area contributed by atoms with E-state index >= 15 is 0 Å². The van der Waals surface area contributed by atoms with Gasteiger partial charge in [-0.3, -0.25) is 0 Å². The molecule has 0 spiro atoms. The normalized spacial score (nSPS) is 12.7. The van der Waals surface area contributed by atoms with E-state index in [1.807, 2.05) is 12.3 Å². The Bertz CT molecular complexity index is 792. The molecule has 0 aliphatic rings. The zero-order chi connectivity index (χ0) is 16.4. The average molecular weight is 373 g/mol. The lowest BCUT2D eigenvalue weighted by molar-refractivity contribution is 0.544. The molecule has 0 aliphatic heterocycles. The van der Waals surface area contributed by atoms with Crippen LogP contribution in [0.25, 0.3) is 5.65 Å². The van der Waals surface area contributed by atoms with Crippen LogP contribution in [-0.4, -0.2) is 14.6 Å². The van der Waals surface area contributed by atoms with Crippen molar-refractivity contribution >= 4 is 27.4 Å². The van der Waals surface area contributed by atoms with E-state index in [0.717, 1.165) is 22.4 Å². The van der Waals surface area contributed by atoms with E-state index in [0.29, 0.717) is 5.92 Å². The molecule has 2 aromatic heterocycles. The van der Waals surface area contributed by atoms with Crippen LogP contribution < -0.4 is 5.32 Å². The van der Waals surface area contributed by atoms with Crippen molar-refractivity contribution in [1.29, 1.82) is 0 Å². The zero-order valence-corrected chi connectivity index (χ0v) is 15.2. The van der Waals surface area contributed by atoms with E-state index in [4.69, 9.17) is 0 Å². The molecule has 1 atom stereocenters. The van der Waals surface area contributed by atoms with Crippen LogP contribution in [0.5, 0.6) is 0 Å². The van der Waals surface area contributed by atoms with E-state index in [2.05, 4.69) is 76.4 Å². The Morgan fingerprint density at radius 2 is 1.91 bits per heavy atom. The Balaban J connectivity index is 1.89. The van der Waals surface area contributed by atoms with E-state index in [-0.39, 0.29) is 6.04 Å². The first-order valence-corrected chi connectivity index (χ1v) is 8.73. The van der Waals surface area contributed by atoms with Gasteiger partial charge in [0.05, 0.1) is 16.7 Å². The largest absolute Gasteiger partial charge is 0.363 e. The third-order valence-corrected chi connectivity index (χ3v) is 4.60. The number of halogens is 1. The molecular formula is C18H21BrN4. The number of fused-ring (bicyclic) bond motifs is 1. The van der Waals surface area contributed by atoms with Crippen molar-refractivity contribution in [2.24, 2.45) is 5.92 Å². The van der Waals surface area contributed by atoms with Crippen molar-refractivity contribution in [3.63, 3.8) is 0 Å². The van der Waals surface area contributed by atoms with Gasteiger partial charge in [-0.1, -0.05) is 45.0 Å². The summed E-state index contributed by atoms with van der Waals surface area (Å²) < 4.78 is 2.66. The molecule has 0 aliphatic carbocycles. The summed E-state index contributed by atoms with van der Waals surface area (Å²) in [7, 11) is 0. The van der Waals surface area contributed by atoms with Crippen LogP contribution in [0.4, 0.5) is 5.82 Å². The first kappa shape index (κ1) is 16.0. The number of aryl methyl sites for hydroxylation is 1. The maximum atomic E-state index is 4.66. The standard InChI is InChI=1S/C18H21BrN4/c1-4-13-5-7-14(8-6-13)17(12(2)3)21-16-9-10-23-18(22-16)15(19)11-20-23/h5-12,17H,4H2,1-3H3,(H,21,22). The number of benzene rings is 1. The lowest BCUT2D eigenvalue weighted by Gasteiger charge is -2.23. The zero-order valence-electron chi connectivity index (χ0n) is 13.6. The van der Waals surface area contributed by atoms with Gasteiger partial charge in [-0.2, -0.15) is 5.10 Å². The van der Waals surface area contributed by atoms with Crippen molar-refractivity contribution in [1.82, 2.24) is 14.6 Å². The summed E-state index contributed by atoms with van der Waals surface area (Å²) >= 11 is 3.48. The molecule has 0 radical (unpaired) electrons. The lowest BCUT2D eigenvalue weighted by atomic mass is 9.95. The fourth-order valence-corrected chi connectivity index (χ4v) is 3.04. The Hall–Kier alpha value is -1.88. The summed E-state index contributed by atoms with van der Waals surface area (Å²) in [6.07, 6.45) is 4.75. The van der Waals surface area contributed by atoms with Crippen LogP contribution >= 0.6 is 15.9 Å². The Labute approximate surface area is 145 Å². The number of aromatic nitrogens is 3. The van der Waals surface area contributed by atoms with Gasteiger partial charge in [-0.05, 0) is 45.5 Å². The van der Waals surface area contributed by atoms with Gasteiger partial charge in [-0.15, -0.1) is 0 Å². The minimum atomic E-state index is 0.220. The highest BCUT2D eigenvalue weighted by molar-refractivity contribution is 9.10. The second-order valence-electron chi connectivity index (χ2n) is 6.03.